The maximum atomic E-state index is 13.6. The molecule has 0 heterocycles. The molecule has 3 unspecified atom stereocenters. The fraction of sp³-hybridized carbons (Fsp3) is 0.722. The average molecular weight is 1160 g/mol. The normalized spacial score (nSPS) is 14.3. The molecule has 0 aliphatic rings. The SMILES string of the molecule is CC/C=C\C/C=C\C/C=C\C/C=C\C/C=C\CCCCCCCC(=O)NC(COP(=O)([O-])OCC[N+](C)(C)C)C(/C=C/CCCCCCCCCCCC)OC(=O)CCCCCCCCCCCC/C=C\C/C=C\C/C=C\CCCCC. The minimum Gasteiger partial charge on any atom is -0.756 e. The predicted octanol–water partition coefficient (Wildman–Crippen LogP) is 20.7. The van der Waals surface area contributed by atoms with Crippen molar-refractivity contribution in [2.45, 2.75) is 296 Å². The molecule has 0 fully saturated rings. The minimum atomic E-state index is -4.72. The Bertz CT molecular complexity index is 1770. The summed E-state index contributed by atoms with van der Waals surface area (Å²) in [6.45, 7) is 6.69. The number of phosphoric acid groups is 1. The molecule has 1 amide bonds. The number of quaternary nitrogens is 1. The van der Waals surface area contributed by atoms with Gasteiger partial charge in [-0.2, -0.15) is 0 Å². The number of nitrogens with zero attached hydrogens (tertiary/aromatic N) is 1. The third-order valence-electron chi connectivity index (χ3n) is 14.4. The van der Waals surface area contributed by atoms with E-state index in [4.69, 9.17) is 13.8 Å². The summed E-state index contributed by atoms with van der Waals surface area (Å²) in [5, 5.41) is 3.02. The Morgan fingerprint density at radius 1 is 0.439 bits per heavy atom. The molecule has 0 saturated carbocycles. The van der Waals surface area contributed by atoms with Gasteiger partial charge in [-0.05, 0) is 115 Å². The van der Waals surface area contributed by atoms with Crippen LogP contribution < -0.4 is 10.2 Å². The van der Waals surface area contributed by atoms with Crippen molar-refractivity contribution in [1.82, 2.24) is 5.32 Å². The second-order valence-corrected chi connectivity index (χ2v) is 25.0. The highest BCUT2D eigenvalue weighted by molar-refractivity contribution is 7.45. The maximum absolute atomic E-state index is 13.6. The van der Waals surface area contributed by atoms with E-state index in [-0.39, 0.29) is 31.3 Å². The number of amides is 1. The molecular weight excluding hydrogens is 1040 g/mol. The third-order valence-corrected chi connectivity index (χ3v) is 15.4. The van der Waals surface area contributed by atoms with Crippen molar-refractivity contribution in [3.63, 3.8) is 0 Å². The number of nitrogens with one attached hydrogen (secondary N) is 1. The highest BCUT2D eigenvalue weighted by Crippen LogP contribution is 2.38. The molecule has 0 aliphatic carbocycles. The number of allylic oxidation sites excluding steroid dienone is 17. The fourth-order valence-electron chi connectivity index (χ4n) is 9.26. The third kappa shape index (κ3) is 61.2. The Hall–Kier alpha value is -3.33. The Kier molecular flexibility index (Phi) is 58.3. The van der Waals surface area contributed by atoms with Gasteiger partial charge in [-0.15, -0.1) is 0 Å². The van der Waals surface area contributed by atoms with Crippen LogP contribution in [0.2, 0.25) is 0 Å². The molecule has 9 nitrogen and oxygen atoms in total. The summed E-state index contributed by atoms with van der Waals surface area (Å²) in [5.74, 6) is -0.569. The Labute approximate surface area is 506 Å². The second-order valence-electron chi connectivity index (χ2n) is 23.6. The number of likely N-dealkylation sites (N-methyl/N-ethyl adjacent to an activating group) is 1. The molecule has 0 bridgehead atoms. The topological polar surface area (TPSA) is 114 Å². The van der Waals surface area contributed by atoms with Crippen LogP contribution in [0.1, 0.15) is 284 Å². The quantitative estimate of drug-likeness (QED) is 0.0212. The van der Waals surface area contributed by atoms with E-state index in [2.05, 4.69) is 123 Å². The number of phosphoric ester groups is 1. The van der Waals surface area contributed by atoms with E-state index in [0.717, 1.165) is 128 Å². The van der Waals surface area contributed by atoms with Gasteiger partial charge in [-0.1, -0.05) is 265 Å². The van der Waals surface area contributed by atoms with E-state index in [1.54, 1.807) is 0 Å². The van der Waals surface area contributed by atoms with Crippen LogP contribution in [-0.4, -0.2) is 69.4 Å². The zero-order valence-corrected chi connectivity index (χ0v) is 54.8. The molecule has 0 aliphatic heterocycles. The lowest BCUT2D eigenvalue weighted by molar-refractivity contribution is -0.870. The second kappa shape index (κ2) is 60.8. The van der Waals surface area contributed by atoms with Crippen LogP contribution in [-0.2, 0) is 27.9 Å². The van der Waals surface area contributed by atoms with Gasteiger partial charge in [0.15, 0.2) is 0 Å². The van der Waals surface area contributed by atoms with Crippen molar-refractivity contribution in [3.8, 4) is 0 Å². The maximum Gasteiger partial charge on any atom is 0.306 e. The number of unbranched alkanes of at least 4 members (excludes halogenated alkanes) is 28. The Morgan fingerprint density at radius 2 is 0.780 bits per heavy atom. The van der Waals surface area contributed by atoms with E-state index >= 15 is 0 Å². The molecule has 0 saturated heterocycles. The molecule has 0 spiro atoms. The van der Waals surface area contributed by atoms with Crippen molar-refractivity contribution < 1.29 is 37.3 Å². The molecule has 82 heavy (non-hydrogen) atoms. The fourth-order valence-corrected chi connectivity index (χ4v) is 9.98. The Balaban J connectivity index is 5.20. The van der Waals surface area contributed by atoms with Crippen molar-refractivity contribution in [3.05, 3.63) is 109 Å². The van der Waals surface area contributed by atoms with Gasteiger partial charge in [0.25, 0.3) is 7.82 Å². The average Bonchev–Trinajstić information content (AvgIpc) is 3.44. The number of esters is 1. The van der Waals surface area contributed by atoms with Gasteiger partial charge in [0.2, 0.25) is 5.91 Å². The van der Waals surface area contributed by atoms with Gasteiger partial charge in [-0.3, -0.25) is 14.2 Å². The summed E-state index contributed by atoms with van der Waals surface area (Å²) < 4.78 is 30.4. The molecule has 10 heteroatoms. The monoisotopic (exact) mass is 1160 g/mol. The van der Waals surface area contributed by atoms with Crippen LogP contribution in [0.3, 0.4) is 0 Å². The summed E-state index contributed by atoms with van der Waals surface area (Å²) >= 11 is 0. The lowest BCUT2D eigenvalue weighted by Crippen LogP contribution is -2.47. The van der Waals surface area contributed by atoms with Crippen LogP contribution in [0, 0.1) is 0 Å². The summed E-state index contributed by atoms with van der Waals surface area (Å²) in [6, 6.07) is -0.908. The van der Waals surface area contributed by atoms with E-state index in [0.29, 0.717) is 17.4 Å². The number of ether oxygens (including phenoxy) is 1. The summed E-state index contributed by atoms with van der Waals surface area (Å²) in [4.78, 5) is 40.1. The van der Waals surface area contributed by atoms with E-state index in [9.17, 15) is 19.0 Å². The molecule has 3 atom stereocenters. The van der Waals surface area contributed by atoms with Crippen molar-refractivity contribution in [1.29, 1.82) is 0 Å². The smallest absolute Gasteiger partial charge is 0.306 e. The van der Waals surface area contributed by atoms with E-state index < -0.39 is 26.6 Å². The van der Waals surface area contributed by atoms with Crippen LogP contribution >= 0.6 is 7.82 Å². The standard InChI is InChI=1S/C72H127N2O7P/c1-7-10-13-16-19-22-25-28-30-32-34-36-37-39-41-43-45-47-50-53-56-59-62-65-72(76)81-70(63-60-57-54-51-48-27-24-21-18-15-12-9-3)69(68-80-82(77,78)79-67-66-74(4,5)6)73-71(75)64-61-58-55-52-49-46-44-42-40-38-35-33-31-29-26-23-20-17-14-11-8-2/h11,14,19-20,22-23,28-31,34-36,38,42,44,60,63,69-70H,7-10,12-13,15-18,21,24-27,32-33,37,39-41,43,45-59,61-62,64-68H2,1-6H3,(H-,73,75,77,78)/b14-11-,22-19-,23-20-,30-28-,31-29-,36-34-,38-35-,44-42-,63-60+. The molecule has 0 aromatic heterocycles. The molecular formula is C72H127N2O7P. The van der Waals surface area contributed by atoms with Crippen molar-refractivity contribution in [2.24, 2.45) is 0 Å². The van der Waals surface area contributed by atoms with Gasteiger partial charge < -0.3 is 28.5 Å². The van der Waals surface area contributed by atoms with Gasteiger partial charge >= 0.3 is 5.97 Å². The van der Waals surface area contributed by atoms with E-state index in [1.807, 2.05) is 33.3 Å². The van der Waals surface area contributed by atoms with Crippen molar-refractivity contribution >= 4 is 19.7 Å². The molecule has 0 aromatic rings. The molecule has 472 valence electrons. The molecule has 0 aromatic carbocycles. The molecule has 0 rings (SSSR count). The van der Waals surface area contributed by atoms with Gasteiger partial charge in [0.05, 0.1) is 33.8 Å². The van der Waals surface area contributed by atoms with Crippen molar-refractivity contribution in [2.75, 3.05) is 40.9 Å². The minimum absolute atomic E-state index is 0.0322. The predicted molar refractivity (Wildman–Crippen MR) is 353 cm³/mol. The molecule has 1 N–H and O–H groups in total. The van der Waals surface area contributed by atoms with E-state index in [1.165, 1.54) is 116 Å². The lowest BCUT2D eigenvalue weighted by atomic mass is 10.0. The van der Waals surface area contributed by atoms with Crippen LogP contribution in [0.4, 0.5) is 0 Å². The summed E-state index contributed by atoms with van der Waals surface area (Å²) in [6.07, 6.45) is 83.4. The largest absolute Gasteiger partial charge is 0.756 e. The number of carbonyl (C=O) groups excluding carboxylic acids is 2. The zero-order chi connectivity index (χ0) is 60.0. The first-order valence-electron chi connectivity index (χ1n) is 33.7. The first-order valence-corrected chi connectivity index (χ1v) is 35.2. The van der Waals surface area contributed by atoms with Crippen LogP contribution in [0.15, 0.2) is 109 Å². The highest BCUT2D eigenvalue weighted by atomic mass is 31.2. The number of hydrogen-bond acceptors (Lipinski definition) is 7. The Morgan fingerprint density at radius 3 is 1.20 bits per heavy atom. The highest BCUT2D eigenvalue weighted by Gasteiger charge is 2.27. The number of carbonyl (C=O) groups is 2. The van der Waals surface area contributed by atoms with Gasteiger partial charge in [0.1, 0.15) is 19.3 Å². The summed E-state index contributed by atoms with van der Waals surface area (Å²) in [5.41, 5.74) is 0. The van der Waals surface area contributed by atoms with Crippen LogP contribution in [0.5, 0.6) is 0 Å². The first-order chi connectivity index (χ1) is 39.9. The van der Waals surface area contributed by atoms with Gasteiger partial charge in [0, 0.05) is 12.8 Å². The number of rotatable bonds is 60. The summed E-state index contributed by atoms with van der Waals surface area (Å²) in [7, 11) is 1.16. The lowest BCUT2D eigenvalue weighted by Gasteiger charge is -2.30. The zero-order valence-electron chi connectivity index (χ0n) is 53.9. The number of hydrogen-bond donors (Lipinski definition) is 1. The van der Waals surface area contributed by atoms with Crippen LogP contribution in [0.25, 0.3) is 0 Å². The van der Waals surface area contributed by atoms with Gasteiger partial charge in [-0.25, -0.2) is 0 Å². The molecule has 0 radical (unpaired) electrons. The first kappa shape index (κ1) is 78.7.